The molecule has 1 aromatic carbocycles. The van der Waals surface area contributed by atoms with Gasteiger partial charge in [-0.05, 0) is 26.0 Å². The maximum Gasteiger partial charge on any atom is 0.256 e. The van der Waals surface area contributed by atoms with E-state index in [-0.39, 0.29) is 6.61 Å². The molecule has 0 amide bonds. The Morgan fingerprint density at radius 1 is 1.47 bits per heavy atom. The molecule has 0 N–H and O–H groups in total. The topological polar surface area (TPSA) is 67.2 Å². The number of nitrogens with zero attached hydrogens (tertiary/aromatic N) is 1. The van der Waals surface area contributed by atoms with Crippen LogP contribution in [-0.4, -0.2) is 18.0 Å². The first-order chi connectivity index (χ1) is 8.06. The number of carbonyl (C=O) groups excluding carboxylic acids is 1. The smallest absolute Gasteiger partial charge is 0.256 e. The zero-order valence-corrected chi connectivity index (χ0v) is 10.7. The molecule has 2 atom stereocenters. The zero-order chi connectivity index (χ0) is 12.9. The first-order valence-corrected chi connectivity index (χ1v) is 6.95. The fourth-order valence-electron chi connectivity index (χ4n) is 1.53. The van der Waals surface area contributed by atoms with Crippen LogP contribution < -0.4 is 5.30 Å². The van der Waals surface area contributed by atoms with Gasteiger partial charge in [0.2, 0.25) is 0 Å². The predicted octanol–water partition coefficient (Wildman–Crippen LogP) is 2.11. The second-order valence-electron chi connectivity index (χ2n) is 3.49. The lowest BCUT2D eigenvalue weighted by Crippen LogP contribution is -2.24. The molecule has 1 rings (SSSR count). The third-order valence-electron chi connectivity index (χ3n) is 2.28. The van der Waals surface area contributed by atoms with Crippen molar-refractivity contribution < 1.29 is 13.9 Å². The Morgan fingerprint density at radius 3 is 2.47 bits per heavy atom. The van der Waals surface area contributed by atoms with E-state index in [0.717, 1.165) is 0 Å². The van der Waals surface area contributed by atoms with E-state index in [2.05, 4.69) is 0 Å². The zero-order valence-electron chi connectivity index (χ0n) is 9.79. The van der Waals surface area contributed by atoms with E-state index < -0.39 is 18.8 Å². The van der Waals surface area contributed by atoms with Crippen molar-refractivity contribution in [3.63, 3.8) is 0 Å². The normalized spacial score (nSPS) is 15.6. The monoisotopic (exact) mass is 251 g/mol. The summed E-state index contributed by atoms with van der Waals surface area (Å²) in [6.07, 6.45) is 0. The summed E-state index contributed by atoms with van der Waals surface area (Å²) in [6, 6.07) is 10.2. The van der Waals surface area contributed by atoms with E-state index in [4.69, 9.17) is 9.79 Å². The quantitative estimate of drug-likeness (QED) is 0.751. The van der Waals surface area contributed by atoms with Gasteiger partial charge in [-0.15, -0.1) is 0 Å². The summed E-state index contributed by atoms with van der Waals surface area (Å²) in [6.45, 7) is 3.13. The van der Waals surface area contributed by atoms with Gasteiger partial charge in [0, 0.05) is 5.30 Å². The van der Waals surface area contributed by atoms with Gasteiger partial charge >= 0.3 is 0 Å². The van der Waals surface area contributed by atoms with Crippen LogP contribution in [0, 0.1) is 11.3 Å². The molecule has 5 heteroatoms. The summed E-state index contributed by atoms with van der Waals surface area (Å²) in [5.41, 5.74) is -1.23. The lowest BCUT2D eigenvalue weighted by atomic mass is 10.3. The highest BCUT2D eigenvalue weighted by molar-refractivity contribution is 7.68. The number of benzene rings is 1. The molecule has 4 nitrogen and oxygen atoms in total. The van der Waals surface area contributed by atoms with Crippen LogP contribution in [0.2, 0.25) is 0 Å². The highest BCUT2D eigenvalue weighted by Gasteiger charge is 2.39. The Hall–Kier alpha value is -1.43. The van der Waals surface area contributed by atoms with Crippen LogP contribution in [-0.2, 0) is 13.9 Å². The minimum absolute atomic E-state index is 0.192. The van der Waals surface area contributed by atoms with Crippen molar-refractivity contribution in [1.29, 1.82) is 5.26 Å². The molecule has 0 aromatic heterocycles. The molecule has 0 aliphatic rings. The fraction of sp³-hybridized carbons (Fsp3) is 0.333. The maximum absolute atomic E-state index is 12.7. The molecule has 0 unspecified atom stereocenters. The molecule has 0 fully saturated rings. The van der Waals surface area contributed by atoms with E-state index in [1.807, 2.05) is 0 Å². The van der Waals surface area contributed by atoms with Gasteiger partial charge < -0.3 is 4.52 Å². The van der Waals surface area contributed by atoms with Crippen LogP contribution in [0.4, 0.5) is 0 Å². The minimum atomic E-state index is -3.45. The van der Waals surface area contributed by atoms with Crippen molar-refractivity contribution in [2.75, 3.05) is 6.61 Å². The molecule has 0 spiro atoms. The molecule has 0 aliphatic carbocycles. The van der Waals surface area contributed by atoms with Gasteiger partial charge in [-0.2, -0.15) is 5.26 Å². The molecule has 0 saturated carbocycles. The number of hydrogen-bond acceptors (Lipinski definition) is 4. The summed E-state index contributed by atoms with van der Waals surface area (Å²) < 4.78 is 18.0. The number of nitriles is 1. The lowest BCUT2D eigenvalue weighted by molar-refractivity contribution is -0.115. The Bertz CT molecular complexity index is 478. The number of Topliss-reactive ketones (excluding diaryl/α,β-unsaturated/α-hetero) is 1. The minimum Gasteiger partial charge on any atom is -0.324 e. The van der Waals surface area contributed by atoms with Crippen LogP contribution >= 0.6 is 7.37 Å². The average molecular weight is 251 g/mol. The van der Waals surface area contributed by atoms with Crippen molar-refractivity contribution in [2.24, 2.45) is 0 Å². The molecule has 1 aromatic rings. The third kappa shape index (κ3) is 2.82. The van der Waals surface area contributed by atoms with E-state index in [9.17, 15) is 9.36 Å². The largest absolute Gasteiger partial charge is 0.324 e. The van der Waals surface area contributed by atoms with Crippen molar-refractivity contribution in [2.45, 2.75) is 19.5 Å². The van der Waals surface area contributed by atoms with E-state index in [1.54, 1.807) is 43.3 Å². The molecule has 0 saturated heterocycles. The van der Waals surface area contributed by atoms with E-state index in [0.29, 0.717) is 5.30 Å². The first kappa shape index (κ1) is 13.6. The van der Waals surface area contributed by atoms with Crippen molar-refractivity contribution >= 4 is 18.5 Å². The van der Waals surface area contributed by atoms with E-state index >= 15 is 0 Å². The summed E-state index contributed by atoms with van der Waals surface area (Å²) >= 11 is 0. The summed E-state index contributed by atoms with van der Waals surface area (Å²) in [7, 11) is -3.45. The Kier molecular flexibility index (Phi) is 4.62. The third-order valence-corrected chi connectivity index (χ3v) is 5.10. The molecule has 0 heterocycles. The van der Waals surface area contributed by atoms with Crippen LogP contribution in [0.1, 0.15) is 13.8 Å². The van der Waals surface area contributed by atoms with Gasteiger partial charge in [0.15, 0.2) is 11.4 Å². The first-order valence-electron chi connectivity index (χ1n) is 5.26. The molecule has 0 bridgehead atoms. The van der Waals surface area contributed by atoms with Gasteiger partial charge in [-0.25, -0.2) is 0 Å². The fourth-order valence-corrected chi connectivity index (χ4v) is 3.73. The molecule has 90 valence electrons. The van der Waals surface area contributed by atoms with Gasteiger partial charge in [0.25, 0.3) is 7.37 Å². The van der Waals surface area contributed by atoms with Crippen molar-refractivity contribution in [3.05, 3.63) is 30.3 Å². The second-order valence-corrected chi connectivity index (χ2v) is 5.98. The van der Waals surface area contributed by atoms with Crippen molar-refractivity contribution in [1.82, 2.24) is 0 Å². The SMILES string of the molecule is CCO[P@](=O)(c1ccccc1)[C@@H](C#N)C(C)=O. The van der Waals surface area contributed by atoms with E-state index in [1.165, 1.54) is 6.92 Å². The number of carbonyl (C=O) groups is 1. The van der Waals surface area contributed by atoms with Gasteiger partial charge in [-0.3, -0.25) is 9.36 Å². The summed E-state index contributed by atoms with van der Waals surface area (Å²) in [5.74, 6) is -0.437. The molecular formula is C12H14NO3P. The van der Waals surface area contributed by atoms with Crippen LogP contribution in [0.25, 0.3) is 0 Å². The summed E-state index contributed by atoms with van der Waals surface area (Å²) in [5, 5.41) is 9.40. The average Bonchev–Trinajstić information content (AvgIpc) is 2.31. The Balaban J connectivity index is 3.28. The number of rotatable bonds is 5. The van der Waals surface area contributed by atoms with Crippen molar-refractivity contribution in [3.8, 4) is 6.07 Å². The molecule has 17 heavy (non-hydrogen) atoms. The molecule has 0 aliphatic heterocycles. The van der Waals surface area contributed by atoms with Gasteiger partial charge in [0.1, 0.15) is 0 Å². The Morgan fingerprint density at radius 2 is 2.06 bits per heavy atom. The number of ketones is 1. The maximum atomic E-state index is 12.7. The van der Waals surface area contributed by atoms with Gasteiger partial charge in [-0.1, -0.05) is 18.2 Å². The van der Waals surface area contributed by atoms with Crippen LogP contribution in [0.3, 0.4) is 0 Å². The lowest BCUT2D eigenvalue weighted by Gasteiger charge is -2.20. The number of hydrogen-bond donors (Lipinski definition) is 0. The molecular weight excluding hydrogens is 237 g/mol. The standard InChI is InChI=1S/C12H14NO3P/c1-3-16-17(15,12(9-13)10(2)14)11-7-5-4-6-8-11/h4-8,12H,3H2,1-2H3/t12-,17+/m0/s1. The second kappa shape index (κ2) is 5.77. The molecule has 0 radical (unpaired) electrons. The predicted molar refractivity (Wildman–Crippen MR) is 65.4 cm³/mol. The highest BCUT2D eigenvalue weighted by Crippen LogP contribution is 2.50. The Labute approximate surface area is 101 Å². The summed E-state index contributed by atoms with van der Waals surface area (Å²) in [4.78, 5) is 11.4. The van der Waals surface area contributed by atoms with Gasteiger partial charge in [0.05, 0.1) is 12.7 Å². The van der Waals surface area contributed by atoms with Crippen LogP contribution in [0.15, 0.2) is 30.3 Å². The highest BCUT2D eigenvalue weighted by atomic mass is 31.2. The van der Waals surface area contributed by atoms with Crippen LogP contribution in [0.5, 0.6) is 0 Å².